The van der Waals surface area contributed by atoms with Crippen LogP contribution in [0.25, 0.3) is 10.9 Å². The average Bonchev–Trinajstić information content (AvgIpc) is 3.22. The van der Waals surface area contributed by atoms with Crippen molar-refractivity contribution in [2.24, 2.45) is 11.7 Å². The first kappa shape index (κ1) is 13.7. The monoisotopic (exact) mass is 270 g/mol. The Balaban J connectivity index is 1.69. The van der Waals surface area contributed by atoms with Crippen molar-refractivity contribution in [2.45, 2.75) is 51.5 Å². The van der Waals surface area contributed by atoms with Gasteiger partial charge in [0, 0.05) is 23.6 Å². The van der Waals surface area contributed by atoms with Gasteiger partial charge in [-0.1, -0.05) is 31.0 Å². The molecule has 2 aromatic rings. The highest BCUT2D eigenvalue weighted by molar-refractivity contribution is 5.84. The average molecular weight is 270 g/mol. The Hall–Kier alpha value is -1.28. The standard InChI is InChI=1S/C18H26N2/c19-12-6-2-1-3-7-16-14-20(13-15-10-11-15)18-9-5-4-8-17(16)18/h4-5,8-9,14-15H,1-3,6-7,10-13,19H2. The number of unbranched alkanes of at least 4 members (excludes halogenated alkanes) is 3. The summed E-state index contributed by atoms with van der Waals surface area (Å²) in [6.07, 6.45) is 11.5. The van der Waals surface area contributed by atoms with Crippen LogP contribution in [0.15, 0.2) is 30.5 Å². The number of fused-ring (bicyclic) bond motifs is 1. The van der Waals surface area contributed by atoms with E-state index in [9.17, 15) is 0 Å². The van der Waals surface area contributed by atoms with E-state index in [4.69, 9.17) is 5.73 Å². The smallest absolute Gasteiger partial charge is 0.0483 e. The van der Waals surface area contributed by atoms with E-state index in [2.05, 4.69) is 35.0 Å². The zero-order valence-electron chi connectivity index (χ0n) is 12.4. The summed E-state index contributed by atoms with van der Waals surface area (Å²) < 4.78 is 2.49. The fraction of sp³-hybridized carbons (Fsp3) is 0.556. The van der Waals surface area contributed by atoms with Gasteiger partial charge in [-0.15, -0.1) is 0 Å². The summed E-state index contributed by atoms with van der Waals surface area (Å²) in [5.74, 6) is 0.934. The van der Waals surface area contributed by atoms with Crippen molar-refractivity contribution < 1.29 is 0 Å². The molecule has 2 nitrogen and oxygen atoms in total. The molecule has 2 N–H and O–H groups in total. The quantitative estimate of drug-likeness (QED) is 0.719. The summed E-state index contributed by atoms with van der Waals surface area (Å²) in [7, 11) is 0. The van der Waals surface area contributed by atoms with Crippen LogP contribution in [0.4, 0.5) is 0 Å². The first-order valence-corrected chi connectivity index (χ1v) is 8.15. The van der Waals surface area contributed by atoms with E-state index >= 15 is 0 Å². The summed E-state index contributed by atoms with van der Waals surface area (Å²) >= 11 is 0. The number of nitrogens with zero attached hydrogens (tertiary/aromatic N) is 1. The van der Waals surface area contributed by atoms with Crippen LogP contribution in [0.1, 0.15) is 44.1 Å². The number of nitrogens with two attached hydrogens (primary N) is 1. The lowest BCUT2D eigenvalue weighted by Crippen LogP contribution is -1.98. The van der Waals surface area contributed by atoms with E-state index in [1.807, 2.05) is 0 Å². The minimum Gasteiger partial charge on any atom is -0.347 e. The second-order valence-electron chi connectivity index (χ2n) is 6.22. The van der Waals surface area contributed by atoms with Gasteiger partial charge in [0.2, 0.25) is 0 Å². The van der Waals surface area contributed by atoms with E-state index in [1.165, 1.54) is 68.0 Å². The summed E-state index contributed by atoms with van der Waals surface area (Å²) in [6.45, 7) is 2.05. The SMILES string of the molecule is NCCCCCCc1cn(CC2CC2)c2ccccc12. The molecule has 0 bridgehead atoms. The Morgan fingerprint density at radius 1 is 1.05 bits per heavy atom. The van der Waals surface area contributed by atoms with E-state index < -0.39 is 0 Å². The third-order valence-electron chi connectivity index (χ3n) is 4.42. The highest BCUT2D eigenvalue weighted by atomic mass is 15.0. The Morgan fingerprint density at radius 2 is 1.85 bits per heavy atom. The third-order valence-corrected chi connectivity index (χ3v) is 4.42. The Kier molecular flexibility index (Phi) is 4.41. The maximum Gasteiger partial charge on any atom is 0.0483 e. The molecule has 1 aliphatic carbocycles. The van der Waals surface area contributed by atoms with Crippen molar-refractivity contribution >= 4 is 10.9 Å². The maximum atomic E-state index is 5.55. The fourth-order valence-corrected chi connectivity index (χ4v) is 3.07. The van der Waals surface area contributed by atoms with Crippen LogP contribution in [0, 0.1) is 5.92 Å². The van der Waals surface area contributed by atoms with Gasteiger partial charge >= 0.3 is 0 Å². The topological polar surface area (TPSA) is 30.9 Å². The Labute approximate surface area is 122 Å². The summed E-state index contributed by atoms with van der Waals surface area (Å²) in [5, 5.41) is 1.46. The Morgan fingerprint density at radius 3 is 2.65 bits per heavy atom. The predicted molar refractivity (Wildman–Crippen MR) is 85.9 cm³/mol. The lowest BCUT2D eigenvalue weighted by atomic mass is 10.1. The van der Waals surface area contributed by atoms with Crippen LogP contribution in [0.5, 0.6) is 0 Å². The highest BCUT2D eigenvalue weighted by Crippen LogP contribution is 2.33. The van der Waals surface area contributed by atoms with Gasteiger partial charge in [-0.25, -0.2) is 0 Å². The molecule has 2 heteroatoms. The predicted octanol–water partition coefficient (Wildman–Crippen LogP) is 4.11. The molecule has 0 saturated heterocycles. The number of hydrogen-bond acceptors (Lipinski definition) is 1. The number of benzene rings is 1. The lowest BCUT2D eigenvalue weighted by Gasteiger charge is -2.02. The highest BCUT2D eigenvalue weighted by Gasteiger charge is 2.22. The van der Waals surface area contributed by atoms with Gasteiger partial charge in [0.1, 0.15) is 0 Å². The van der Waals surface area contributed by atoms with E-state index in [-0.39, 0.29) is 0 Å². The van der Waals surface area contributed by atoms with Crippen molar-refractivity contribution in [1.29, 1.82) is 0 Å². The molecule has 1 aromatic carbocycles. The molecule has 0 atom stereocenters. The fourth-order valence-electron chi connectivity index (χ4n) is 3.07. The molecule has 1 heterocycles. The molecule has 1 saturated carbocycles. The molecule has 0 unspecified atom stereocenters. The van der Waals surface area contributed by atoms with Gasteiger partial charge in [0.15, 0.2) is 0 Å². The van der Waals surface area contributed by atoms with Crippen LogP contribution in [0.3, 0.4) is 0 Å². The Bertz CT molecular complexity index is 552. The summed E-state index contributed by atoms with van der Waals surface area (Å²) in [4.78, 5) is 0. The van der Waals surface area contributed by atoms with E-state index in [0.717, 1.165) is 12.5 Å². The number of aromatic nitrogens is 1. The van der Waals surface area contributed by atoms with Gasteiger partial charge in [-0.3, -0.25) is 0 Å². The minimum absolute atomic E-state index is 0.834. The zero-order valence-corrected chi connectivity index (χ0v) is 12.4. The molecule has 1 aromatic heterocycles. The van der Waals surface area contributed by atoms with Crippen molar-refractivity contribution in [2.75, 3.05) is 6.54 Å². The molecule has 0 amide bonds. The second-order valence-corrected chi connectivity index (χ2v) is 6.22. The van der Waals surface area contributed by atoms with Crippen molar-refractivity contribution in [3.63, 3.8) is 0 Å². The van der Waals surface area contributed by atoms with Gasteiger partial charge in [-0.2, -0.15) is 0 Å². The van der Waals surface area contributed by atoms with Gasteiger partial charge in [0.05, 0.1) is 0 Å². The minimum atomic E-state index is 0.834. The molecular weight excluding hydrogens is 244 g/mol. The molecular formula is C18H26N2. The third kappa shape index (κ3) is 3.24. The number of aryl methyl sites for hydroxylation is 1. The molecule has 108 valence electrons. The summed E-state index contributed by atoms with van der Waals surface area (Å²) in [6, 6.07) is 8.89. The molecule has 0 spiro atoms. The van der Waals surface area contributed by atoms with E-state index in [0.29, 0.717) is 0 Å². The molecule has 0 radical (unpaired) electrons. The van der Waals surface area contributed by atoms with Crippen LogP contribution >= 0.6 is 0 Å². The molecule has 1 aliphatic rings. The molecule has 20 heavy (non-hydrogen) atoms. The van der Waals surface area contributed by atoms with Crippen molar-refractivity contribution in [1.82, 2.24) is 4.57 Å². The number of hydrogen-bond donors (Lipinski definition) is 1. The maximum absolute atomic E-state index is 5.55. The zero-order chi connectivity index (χ0) is 13.8. The first-order chi connectivity index (χ1) is 9.88. The molecule has 0 aliphatic heterocycles. The second kappa shape index (κ2) is 6.45. The molecule has 3 rings (SSSR count). The van der Waals surface area contributed by atoms with E-state index in [1.54, 1.807) is 0 Å². The van der Waals surface area contributed by atoms with Crippen LogP contribution < -0.4 is 5.73 Å². The van der Waals surface area contributed by atoms with Gasteiger partial charge in [-0.05, 0) is 56.2 Å². The first-order valence-electron chi connectivity index (χ1n) is 8.15. The van der Waals surface area contributed by atoms with Crippen molar-refractivity contribution in [3.8, 4) is 0 Å². The van der Waals surface area contributed by atoms with Crippen LogP contribution in [-0.4, -0.2) is 11.1 Å². The lowest BCUT2D eigenvalue weighted by molar-refractivity contribution is 0.634. The molecule has 1 fully saturated rings. The largest absolute Gasteiger partial charge is 0.347 e. The van der Waals surface area contributed by atoms with Gasteiger partial charge < -0.3 is 10.3 Å². The van der Waals surface area contributed by atoms with Crippen LogP contribution in [-0.2, 0) is 13.0 Å². The van der Waals surface area contributed by atoms with Gasteiger partial charge in [0.25, 0.3) is 0 Å². The van der Waals surface area contributed by atoms with Crippen LogP contribution in [0.2, 0.25) is 0 Å². The van der Waals surface area contributed by atoms with Crippen molar-refractivity contribution in [3.05, 3.63) is 36.0 Å². The number of rotatable bonds is 8. The normalized spacial score (nSPS) is 15.1. The summed E-state index contributed by atoms with van der Waals surface area (Å²) in [5.41, 5.74) is 8.51. The number of para-hydroxylation sites is 1.